The Morgan fingerprint density at radius 3 is 2.81 bits per heavy atom. The third-order valence-electron chi connectivity index (χ3n) is 2.87. The monoisotopic (exact) mass is 295 g/mol. The predicted molar refractivity (Wildman–Crippen MR) is 80.9 cm³/mol. The van der Waals surface area contributed by atoms with Crippen LogP contribution in [0.4, 0.5) is 11.4 Å². The van der Waals surface area contributed by atoms with Crippen LogP contribution in [0, 0.1) is 11.3 Å². The molecule has 3 N–H and O–H groups in total. The summed E-state index contributed by atoms with van der Waals surface area (Å²) in [5.74, 6) is -0.375. The van der Waals surface area contributed by atoms with Crippen molar-refractivity contribution in [2.24, 2.45) is 0 Å². The molecule has 7 heteroatoms. The summed E-state index contributed by atoms with van der Waals surface area (Å²) in [4.78, 5) is 21.5. The second kappa shape index (κ2) is 5.19. The molecule has 0 radical (unpaired) electrons. The number of carbonyl (C=O) groups is 1. The molecule has 102 valence electrons. The standard InChI is InChI=1S/C14H9N5OS/c15-7-8-3-1-2-4-9(8)19-13(20)12-10(16)11-14(21-12)18-6-5-17-11/h1-6H,16H2,(H,19,20). The van der Waals surface area contributed by atoms with E-state index in [1.54, 1.807) is 30.5 Å². The molecule has 0 atom stereocenters. The molecule has 6 nitrogen and oxygen atoms in total. The maximum Gasteiger partial charge on any atom is 0.268 e. The molecular formula is C14H9N5OS. The fourth-order valence-electron chi connectivity index (χ4n) is 1.88. The molecular weight excluding hydrogens is 286 g/mol. The summed E-state index contributed by atoms with van der Waals surface area (Å²) >= 11 is 1.17. The molecule has 1 aromatic carbocycles. The molecule has 3 aromatic rings. The van der Waals surface area contributed by atoms with Gasteiger partial charge >= 0.3 is 0 Å². The van der Waals surface area contributed by atoms with Gasteiger partial charge in [-0.25, -0.2) is 9.97 Å². The number of nitrogens with two attached hydrogens (primary N) is 1. The van der Waals surface area contributed by atoms with Crippen LogP contribution in [0.5, 0.6) is 0 Å². The lowest BCUT2D eigenvalue weighted by Gasteiger charge is -2.05. The zero-order valence-electron chi connectivity index (χ0n) is 10.7. The zero-order valence-corrected chi connectivity index (χ0v) is 11.5. The maximum atomic E-state index is 12.3. The lowest BCUT2D eigenvalue weighted by Crippen LogP contribution is -2.12. The summed E-state index contributed by atoms with van der Waals surface area (Å²) in [6, 6.07) is 8.80. The third-order valence-corrected chi connectivity index (χ3v) is 3.97. The number of nitrogen functional groups attached to an aromatic ring is 1. The largest absolute Gasteiger partial charge is 0.396 e. The van der Waals surface area contributed by atoms with Crippen LogP contribution in [-0.2, 0) is 0 Å². The first kappa shape index (κ1) is 13.0. The van der Waals surface area contributed by atoms with Crippen molar-refractivity contribution in [1.29, 1.82) is 5.26 Å². The molecule has 3 rings (SSSR count). The van der Waals surface area contributed by atoms with Gasteiger partial charge in [0.25, 0.3) is 5.91 Å². The smallest absolute Gasteiger partial charge is 0.268 e. The number of benzene rings is 1. The summed E-state index contributed by atoms with van der Waals surface area (Å²) < 4.78 is 0. The number of nitrogens with one attached hydrogen (secondary N) is 1. The van der Waals surface area contributed by atoms with E-state index >= 15 is 0 Å². The number of aromatic nitrogens is 2. The average molecular weight is 295 g/mol. The fraction of sp³-hybridized carbons (Fsp3) is 0. The van der Waals surface area contributed by atoms with Crippen molar-refractivity contribution in [2.75, 3.05) is 11.1 Å². The summed E-state index contributed by atoms with van der Waals surface area (Å²) in [6.07, 6.45) is 3.07. The minimum Gasteiger partial charge on any atom is -0.396 e. The molecule has 2 aromatic heterocycles. The quantitative estimate of drug-likeness (QED) is 0.755. The highest BCUT2D eigenvalue weighted by molar-refractivity contribution is 7.21. The number of para-hydroxylation sites is 1. The summed E-state index contributed by atoms with van der Waals surface area (Å²) in [6.45, 7) is 0. The molecule has 21 heavy (non-hydrogen) atoms. The predicted octanol–water partition coefficient (Wildman–Crippen LogP) is 2.40. The molecule has 0 saturated carbocycles. The van der Waals surface area contributed by atoms with E-state index in [0.29, 0.717) is 32.2 Å². The average Bonchev–Trinajstić information content (AvgIpc) is 2.85. The second-order valence-corrected chi connectivity index (χ2v) is 5.17. The van der Waals surface area contributed by atoms with Crippen molar-refractivity contribution >= 4 is 39.0 Å². The molecule has 0 aliphatic rings. The lowest BCUT2D eigenvalue weighted by molar-refractivity contribution is 0.103. The first-order chi connectivity index (χ1) is 10.2. The number of nitriles is 1. The normalized spacial score (nSPS) is 10.2. The van der Waals surface area contributed by atoms with Crippen LogP contribution in [0.15, 0.2) is 36.7 Å². The van der Waals surface area contributed by atoms with E-state index in [9.17, 15) is 4.79 Å². The molecule has 0 saturated heterocycles. The molecule has 0 unspecified atom stereocenters. The molecule has 0 fully saturated rings. The Hall–Kier alpha value is -2.98. The van der Waals surface area contributed by atoms with Gasteiger partial charge in [-0.1, -0.05) is 12.1 Å². The van der Waals surface area contributed by atoms with Crippen LogP contribution >= 0.6 is 11.3 Å². The number of carbonyl (C=O) groups excluding carboxylic acids is 1. The molecule has 0 aliphatic heterocycles. The molecule has 0 spiro atoms. The van der Waals surface area contributed by atoms with Gasteiger partial charge in [0.2, 0.25) is 0 Å². The Labute approximate surface area is 123 Å². The van der Waals surface area contributed by atoms with E-state index in [0.717, 1.165) is 0 Å². The Balaban J connectivity index is 1.98. The van der Waals surface area contributed by atoms with Crippen molar-refractivity contribution in [3.8, 4) is 6.07 Å². The highest BCUT2D eigenvalue weighted by Crippen LogP contribution is 2.31. The van der Waals surface area contributed by atoms with Gasteiger partial charge in [0.15, 0.2) is 0 Å². The van der Waals surface area contributed by atoms with Crippen LogP contribution in [0.2, 0.25) is 0 Å². The van der Waals surface area contributed by atoms with Gasteiger partial charge in [0.05, 0.1) is 16.9 Å². The number of hydrogen-bond donors (Lipinski definition) is 2. The first-order valence-corrected chi connectivity index (χ1v) is 6.82. The van der Waals surface area contributed by atoms with E-state index < -0.39 is 0 Å². The van der Waals surface area contributed by atoms with Crippen LogP contribution < -0.4 is 11.1 Å². The number of thiophene rings is 1. The Morgan fingerprint density at radius 2 is 2.05 bits per heavy atom. The highest BCUT2D eigenvalue weighted by Gasteiger charge is 2.18. The molecule has 0 aliphatic carbocycles. The van der Waals surface area contributed by atoms with Gasteiger partial charge < -0.3 is 11.1 Å². The highest BCUT2D eigenvalue weighted by atomic mass is 32.1. The number of amides is 1. The Kier molecular flexibility index (Phi) is 3.22. The maximum absolute atomic E-state index is 12.3. The van der Waals surface area contributed by atoms with Gasteiger partial charge in [0.1, 0.15) is 21.3 Å². The van der Waals surface area contributed by atoms with Gasteiger partial charge in [0, 0.05) is 12.4 Å². The van der Waals surface area contributed by atoms with Crippen LogP contribution in [0.3, 0.4) is 0 Å². The Bertz CT molecular complexity index is 880. The topological polar surface area (TPSA) is 105 Å². The van der Waals surface area contributed by atoms with Gasteiger partial charge in [-0.05, 0) is 12.1 Å². The van der Waals surface area contributed by atoms with Crippen molar-refractivity contribution in [1.82, 2.24) is 9.97 Å². The number of anilines is 2. The SMILES string of the molecule is N#Cc1ccccc1NC(=O)c1sc2nccnc2c1N. The number of nitrogens with zero attached hydrogens (tertiary/aromatic N) is 3. The van der Waals surface area contributed by atoms with Gasteiger partial charge in [-0.3, -0.25) is 4.79 Å². The second-order valence-electron chi connectivity index (χ2n) is 4.17. The number of rotatable bonds is 2. The minimum absolute atomic E-state index is 0.301. The van der Waals surface area contributed by atoms with Crippen LogP contribution in [0.25, 0.3) is 10.3 Å². The molecule has 2 heterocycles. The van der Waals surface area contributed by atoms with Crippen molar-refractivity contribution in [3.63, 3.8) is 0 Å². The number of hydrogen-bond acceptors (Lipinski definition) is 6. The number of fused-ring (bicyclic) bond motifs is 1. The summed E-state index contributed by atoms with van der Waals surface area (Å²) in [5, 5.41) is 11.7. The van der Waals surface area contributed by atoms with E-state index in [1.807, 2.05) is 6.07 Å². The molecule has 0 bridgehead atoms. The van der Waals surface area contributed by atoms with E-state index in [1.165, 1.54) is 17.5 Å². The van der Waals surface area contributed by atoms with Crippen LogP contribution in [0.1, 0.15) is 15.2 Å². The Morgan fingerprint density at radius 1 is 1.29 bits per heavy atom. The third kappa shape index (κ3) is 2.28. The minimum atomic E-state index is -0.375. The van der Waals surface area contributed by atoms with Crippen molar-refractivity contribution < 1.29 is 4.79 Å². The first-order valence-electron chi connectivity index (χ1n) is 6.00. The van der Waals surface area contributed by atoms with E-state index in [2.05, 4.69) is 15.3 Å². The van der Waals surface area contributed by atoms with E-state index in [-0.39, 0.29) is 5.91 Å². The fourth-order valence-corrected chi connectivity index (χ4v) is 2.80. The molecule has 1 amide bonds. The van der Waals surface area contributed by atoms with Crippen LogP contribution in [-0.4, -0.2) is 15.9 Å². The van der Waals surface area contributed by atoms with Crippen molar-refractivity contribution in [2.45, 2.75) is 0 Å². The lowest BCUT2D eigenvalue weighted by atomic mass is 10.2. The van der Waals surface area contributed by atoms with Gasteiger partial charge in [-0.2, -0.15) is 5.26 Å². The summed E-state index contributed by atoms with van der Waals surface area (Å²) in [7, 11) is 0. The van der Waals surface area contributed by atoms with Gasteiger partial charge in [-0.15, -0.1) is 11.3 Å². The zero-order chi connectivity index (χ0) is 14.8. The van der Waals surface area contributed by atoms with Crippen molar-refractivity contribution in [3.05, 3.63) is 47.1 Å². The van der Waals surface area contributed by atoms with E-state index in [4.69, 9.17) is 11.0 Å². The summed E-state index contributed by atoms with van der Waals surface area (Å²) in [5.41, 5.74) is 7.60.